The first-order valence-corrected chi connectivity index (χ1v) is 15.4. The second kappa shape index (κ2) is 11.1. The van der Waals surface area contributed by atoms with Crippen molar-refractivity contribution in [3.63, 3.8) is 0 Å². The van der Waals surface area contributed by atoms with Crippen LogP contribution in [0.1, 0.15) is 37.3 Å². The first-order valence-electron chi connectivity index (χ1n) is 13.9. The molecule has 3 heterocycles. The van der Waals surface area contributed by atoms with Crippen molar-refractivity contribution in [2.75, 3.05) is 23.7 Å². The summed E-state index contributed by atoms with van der Waals surface area (Å²) in [5.41, 5.74) is 10.4. The molecule has 2 aromatic carbocycles. The van der Waals surface area contributed by atoms with E-state index in [4.69, 9.17) is 15.6 Å². The lowest BCUT2D eigenvalue weighted by Gasteiger charge is -2.33. The Morgan fingerprint density at radius 1 is 1.12 bits per heavy atom. The maximum atomic E-state index is 15.4. The Kier molecular flexibility index (Phi) is 7.46. The van der Waals surface area contributed by atoms with E-state index in [-0.39, 0.29) is 11.5 Å². The Morgan fingerprint density at radius 3 is 2.60 bits per heavy atom. The Hall–Kier alpha value is -3.87. The molecule has 220 valence electrons. The van der Waals surface area contributed by atoms with Crippen molar-refractivity contribution < 1.29 is 21.9 Å². The van der Waals surface area contributed by atoms with Crippen LogP contribution in [0.2, 0.25) is 0 Å². The number of hydrogen-bond donors (Lipinski definition) is 3. The number of sulfonamides is 1. The fourth-order valence-electron chi connectivity index (χ4n) is 5.56. The van der Waals surface area contributed by atoms with E-state index in [0.29, 0.717) is 40.8 Å². The van der Waals surface area contributed by atoms with E-state index in [0.717, 1.165) is 55.2 Å². The standard InChI is InChI=1S/C30H32F2N6O3S/c1-3-38-29-22(18-5-8-20(9-6-18)35-21-15-41-16-21)14-34-30(33)27(29)28(36-38)19-7-11-25(24(32)13-19)37-42(39,40)26-12-17(2)4-10-23(26)31/h4-5,7,10-14,20-21,35,37H,3,6,8-9,15-16H2,1-2H3,(H2,33,34)/t20-/m0/s1. The first kappa shape index (κ1) is 28.3. The van der Waals surface area contributed by atoms with E-state index < -0.39 is 26.6 Å². The van der Waals surface area contributed by atoms with Gasteiger partial charge >= 0.3 is 0 Å². The fourth-order valence-corrected chi connectivity index (χ4v) is 6.79. The number of ether oxygens (including phenoxy) is 1. The largest absolute Gasteiger partial charge is 0.383 e. The third-order valence-electron chi connectivity index (χ3n) is 7.83. The van der Waals surface area contributed by atoms with E-state index >= 15 is 4.39 Å². The molecule has 0 bridgehead atoms. The van der Waals surface area contributed by atoms with Gasteiger partial charge in [0.15, 0.2) is 0 Å². The molecule has 0 unspecified atom stereocenters. The molecule has 9 nitrogen and oxygen atoms in total. The number of fused-ring (bicyclic) bond motifs is 1. The lowest BCUT2D eigenvalue weighted by molar-refractivity contribution is -0.0103. The van der Waals surface area contributed by atoms with E-state index in [1.807, 2.05) is 11.6 Å². The quantitative estimate of drug-likeness (QED) is 0.262. The number of aryl methyl sites for hydroxylation is 2. The van der Waals surface area contributed by atoms with Gasteiger partial charge in [0.1, 0.15) is 28.0 Å². The van der Waals surface area contributed by atoms with Gasteiger partial charge in [-0.1, -0.05) is 18.2 Å². The molecule has 12 heteroatoms. The van der Waals surface area contributed by atoms with Gasteiger partial charge in [0.05, 0.1) is 35.8 Å². The van der Waals surface area contributed by atoms with Gasteiger partial charge in [0.25, 0.3) is 10.0 Å². The average Bonchev–Trinajstić information content (AvgIpc) is 3.34. The maximum Gasteiger partial charge on any atom is 0.264 e. The van der Waals surface area contributed by atoms with Gasteiger partial charge in [-0.15, -0.1) is 0 Å². The van der Waals surface area contributed by atoms with Crippen LogP contribution in [0.25, 0.3) is 27.7 Å². The molecule has 0 spiro atoms. The number of benzene rings is 2. The molecule has 2 aromatic heterocycles. The van der Waals surface area contributed by atoms with Crippen molar-refractivity contribution in [3.05, 3.63) is 71.4 Å². The SMILES string of the molecule is CCn1nc(-c2ccc(NS(=O)(=O)c3cc(C)ccc3F)c(F)c2)c2c(N)ncc(C3=CC[C@H](NC4COC4)CC3)c21. The van der Waals surface area contributed by atoms with Crippen LogP contribution in [-0.2, 0) is 21.3 Å². The predicted molar refractivity (Wildman–Crippen MR) is 158 cm³/mol. The van der Waals surface area contributed by atoms with Crippen LogP contribution in [0.4, 0.5) is 20.3 Å². The number of anilines is 2. The lowest BCUT2D eigenvalue weighted by Crippen LogP contribution is -2.50. The third-order valence-corrected chi connectivity index (χ3v) is 9.21. The summed E-state index contributed by atoms with van der Waals surface area (Å²) in [6, 6.07) is 8.58. The van der Waals surface area contributed by atoms with Gasteiger partial charge in [-0.05, 0) is 68.5 Å². The molecule has 0 saturated carbocycles. The van der Waals surface area contributed by atoms with Crippen LogP contribution in [0.15, 0.2) is 53.6 Å². The molecule has 1 aliphatic heterocycles. The number of rotatable bonds is 8. The van der Waals surface area contributed by atoms with Crippen molar-refractivity contribution in [3.8, 4) is 11.3 Å². The third kappa shape index (κ3) is 5.25. The van der Waals surface area contributed by atoms with E-state index in [9.17, 15) is 12.8 Å². The molecule has 6 rings (SSSR count). The van der Waals surface area contributed by atoms with Crippen LogP contribution < -0.4 is 15.8 Å². The Labute approximate surface area is 242 Å². The van der Waals surface area contributed by atoms with Gasteiger partial charge in [0, 0.05) is 29.9 Å². The molecule has 1 aliphatic carbocycles. The van der Waals surface area contributed by atoms with E-state index in [2.05, 4.69) is 21.1 Å². The molecule has 0 amide bonds. The number of nitrogens with one attached hydrogen (secondary N) is 2. The molecule has 1 atom stereocenters. The minimum Gasteiger partial charge on any atom is -0.383 e. The summed E-state index contributed by atoms with van der Waals surface area (Å²) in [6.45, 7) is 5.67. The van der Waals surface area contributed by atoms with Crippen molar-refractivity contribution in [2.45, 2.75) is 56.6 Å². The average molecular weight is 595 g/mol. The van der Waals surface area contributed by atoms with Crippen LogP contribution in [0, 0.1) is 18.6 Å². The van der Waals surface area contributed by atoms with Gasteiger partial charge in [-0.25, -0.2) is 22.2 Å². The molecular formula is C30H32F2N6O3S. The zero-order valence-electron chi connectivity index (χ0n) is 23.3. The maximum absolute atomic E-state index is 15.4. The highest BCUT2D eigenvalue weighted by Crippen LogP contribution is 2.39. The number of pyridine rings is 1. The summed E-state index contributed by atoms with van der Waals surface area (Å²) in [5.74, 6) is -1.49. The molecule has 1 saturated heterocycles. The molecule has 4 N–H and O–H groups in total. The number of nitrogens with zero attached hydrogens (tertiary/aromatic N) is 3. The highest BCUT2D eigenvalue weighted by atomic mass is 32.2. The van der Waals surface area contributed by atoms with Crippen molar-refractivity contribution in [1.82, 2.24) is 20.1 Å². The number of hydrogen-bond acceptors (Lipinski definition) is 7. The van der Waals surface area contributed by atoms with E-state index in [1.165, 1.54) is 24.3 Å². The number of aromatic nitrogens is 3. The van der Waals surface area contributed by atoms with Crippen LogP contribution in [0.3, 0.4) is 0 Å². The van der Waals surface area contributed by atoms with Crippen molar-refractivity contribution >= 4 is 38.0 Å². The Balaban J connectivity index is 1.33. The summed E-state index contributed by atoms with van der Waals surface area (Å²) < 4.78 is 64.6. The Morgan fingerprint density at radius 2 is 1.93 bits per heavy atom. The topological polar surface area (TPSA) is 124 Å². The summed E-state index contributed by atoms with van der Waals surface area (Å²) in [7, 11) is -4.37. The molecular weight excluding hydrogens is 562 g/mol. The molecule has 1 fully saturated rings. The summed E-state index contributed by atoms with van der Waals surface area (Å²) in [4.78, 5) is 3.92. The molecule has 0 radical (unpaired) electrons. The van der Waals surface area contributed by atoms with Crippen LogP contribution >= 0.6 is 0 Å². The minimum atomic E-state index is -4.37. The van der Waals surface area contributed by atoms with Crippen LogP contribution in [-0.4, -0.2) is 48.5 Å². The van der Waals surface area contributed by atoms with Gasteiger partial charge in [0.2, 0.25) is 0 Å². The minimum absolute atomic E-state index is 0.268. The van der Waals surface area contributed by atoms with Gasteiger partial charge in [-0.3, -0.25) is 9.40 Å². The number of nitrogens with two attached hydrogens (primary N) is 1. The number of halogens is 2. The van der Waals surface area contributed by atoms with Crippen molar-refractivity contribution in [2.24, 2.45) is 0 Å². The summed E-state index contributed by atoms with van der Waals surface area (Å²) in [6.07, 6.45) is 6.74. The van der Waals surface area contributed by atoms with E-state index in [1.54, 1.807) is 19.2 Å². The zero-order chi connectivity index (χ0) is 29.6. The number of allylic oxidation sites excluding steroid dienone is 1. The monoisotopic (exact) mass is 594 g/mol. The predicted octanol–water partition coefficient (Wildman–Crippen LogP) is 5.01. The highest BCUT2D eigenvalue weighted by Gasteiger charge is 2.27. The second-order valence-corrected chi connectivity index (χ2v) is 12.4. The highest BCUT2D eigenvalue weighted by molar-refractivity contribution is 7.92. The van der Waals surface area contributed by atoms with Gasteiger partial charge < -0.3 is 15.8 Å². The summed E-state index contributed by atoms with van der Waals surface area (Å²) >= 11 is 0. The molecule has 4 aromatic rings. The summed E-state index contributed by atoms with van der Waals surface area (Å²) in [5, 5.41) is 9.02. The fraction of sp³-hybridized carbons (Fsp3) is 0.333. The molecule has 2 aliphatic rings. The van der Waals surface area contributed by atoms with Crippen LogP contribution in [0.5, 0.6) is 0 Å². The first-order chi connectivity index (χ1) is 20.1. The second-order valence-electron chi connectivity index (χ2n) is 10.8. The number of nitrogen functional groups attached to an aromatic ring is 1. The van der Waals surface area contributed by atoms with Gasteiger partial charge in [-0.2, -0.15) is 5.10 Å². The smallest absolute Gasteiger partial charge is 0.264 e. The molecule has 42 heavy (non-hydrogen) atoms. The Bertz CT molecular complexity index is 1820. The normalized spacial score (nSPS) is 17.7. The zero-order valence-corrected chi connectivity index (χ0v) is 24.1. The van der Waals surface area contributed by atoms with Crippen molar-refractivity contribution in [1.29, 1.82) is 0 Å². The lowest BCUT2D eigenvalue weighted by atomic mass is 9.89.